The van der Waals surface area contributed by atoms with Crippen molar-refractivity contribution in [3.63, 3.8) is 0 Å². The van der Waals surface area contributed by atoms with E-state index in [0.717, 1.165) is 41.5 Å². The van der Waals surface area contributed by atoms with E-state index in [1.807, 2.05) is 56.0 Å². The fourth-order valence-corrected chi connectivity index (χ4v) is 3.40. The summed E-state index contributed by atoms with van der Waals surface area (Å²) in [6.07, 6.45) is 0.980. The van der Waals surface area contributed by atoms with Crippen LogP contribution in [0.2, 0.25) is 0 Å². The van der Waals surface area contributed by atoms with E-state index in [1.54, 1.807) is 7.11 Å². The average molecular weight is 383 g/mol. The van der Waals surface area contributed by atoms with Gasteiger partial charge in [0, 0.05) is 47.8 Å². The lowest BCUT2D eigenvalue weighted by Gasteiger charge is -2.18. The maximum Gasteiger partial charge on any atom is 0.248 e. The molecular weight excluding hydrogens is 354 g/mol. The summed E-state index contributed by atoms with van der Waals surface area (Å²) in [6.45, 7) is 7.46. The Morgan fingerprint density at radius 3 is 2.86 bits per heavy atom. The fourth-order valence-electron chi connectivity index (χ4n) is 3.40. The Morgan fingerprint density at radius 2 is 2.11 bits per heavy atom. The molecule has 2 aromatic rings. The largest absolute Gasteiger partial charge is 0.497 e. The number of rotatable bonds is 7. The number of carbonyl (C=O) groups excluding carboxylic acids is 1. The minimum atomic E-state index is 0.0542. The van der Waals surface area contributed by atoms with Crippen LogP contribution in [-0.2, 0) is 9.53 Å². The monoisotopic (exact) mass is 383 g/mol. The molecule has 0 aliphatic carbocycles. The number of methoxy groups -OCH3 is 1. The number of pyridine rings is 1. The molecule has 1 atom stereocenters. The van der Waals surface area contributed by atoms with E-state index in [2.05, 4.69) is 11.4 Å². The molecule has 1 aromatic heterocycles. The van der Waals surface area contributed by atoms with Gasteiger partial charge in [-0.25, -0.2) is 0 Å². The van der Waals surface area contributed by atoms with E-state index in [4.69, 9.17) is 14.5 Å². The van der Waals surface area contributed by atoms with Crippen LogP contribution in [0, 0.1) is 6.92 Å². The van der Waals surface area contributed by atoms with Crippen molar-refractivity contribution in [3.05, 3.63) is 47.8 Å². The minimum Gasteiger partial charge on any atom is -0.497 e. The molecule has 28 heavy (non-hydrogen) atoms. The summed E-state index contributed by atoms with van der Waals surface area (Å²) in [5.41, 5.74) is 3.93. The number of hydrogen-bond donors (Lipinski definition) is 1. The number of likely N-dealkylation sites (tertiary alicyclic amines) is 1. The van der Waals surface area contributed by atoms with Crippen LogP contribution in [0.1, 0.15) is 37.6 Å². The van der Waals surface area contributed by atoms with Crippen molar-refractivity contribution < 1.29 is 14.3 Å². The second-order valence-corrected chi connectivity index (χ2v) is 7.46. The predicted octanol–water partition coefficient (Wildman–Crippen LogP) is 3.88. The molecule has 1 aromatic carbocycles. The molecule has 1 saturated heterocycles. The second-order valence-electron chi connectivity index (χ2n) is 7.46. The number of benzene rings is 1. The highest BCUT2D eigenvalue weighted by Crippen LogP contribution is 2.29. The van der Waals surface area contributed by atoms with E-state index in [1.165, 1.54) is 0 Å². The van der Waals surface area contributed by atoms with Gasteiger partial charge in [0.2, 0.25) is 5.91 Å². The smallest absolute Gasteiger partial charge is 0.248 e. The first kappa shape index (κ1) is 20.1. The van der Waals surface area contributed by atoms with Crippen LogP contribution in [0.3, 0.4) is 0 Å². The summed E-state index contributed by atoms with van der Waals surface area (Å²) in [5, 5.41) is 3.43. The third-order valence-corrected chi connectivity index (χ3v) is 4.83. The van der Waals surface area contributed by atoms with Gasteiger partial charge in [-0.3, -0.25) is 9.78 Å². The minimum absolute atomic E-state index is 0.0542. The SMILES string of the molecule is COc1cccc(Nc2cc(C)nc(C3CCN(C(=O)COC(C)C)C3)c2)c1. The van der Waals surface area contributed by atoms with Crippen LogP contribution < -0.4 is 10.1 Å². The van der Waals surface area contributed by atoms with Crippen LogP contribution in [0.4, 0.5) is 11.4 Å². The van der Waals surface area contributed by atoms with Crippen molar-refractivity contribution in [1.82, 2.24) is 9.88 Å². The van der Waals surface area contributed by atoms with E-state index in [0.29, 0.717) is 6.54 Å². The Kier molecular flexibility index (Phi) is 6.52. The van der Waals surface area contributed by atoms with E-state index in [-0.39, 0.29) is 24.5 Å². The van der Waals surface area contributed by atoms with Crippen molar-refractivity contribution in [2.24, 2.45) is 0 Å². The van der Waals surface area contributed by atoms with Gasteiger partial charge in [-0.15, -0.1) is 0 Å². The van der Waals surface area contributed by atoms with E-state index in [9.17, 15) is 4.79 Å². The molecule has 1 aliphatic rings. The van der Waals surface area contributed by atoms with Crippen molar-refractivity contribution in [1.29, 1.82) is 0 Å². The number of nitrogens with one attached hydrogen (secondary N) is 1. The van der Waals surface area contributed by atoms with E-state index < -0.39 is 0 Å². The first-order valence-corrected chi connectivity index (χ1v) is 9.73. The molecule has 150 valence electrons. The van der Waals surface area contributed by atoms with Gasteiger partial charge in [-0.2, -0.15) is 0 Å². The predicted molar refractivity (Wildman–Crippen MR) is 110 cm³/mol. The Bertz CT molecular complexity index is 822. The molecule has 3 rings (SSSR count). The highest BCUT2D eigenvalue weighted by atomic mass is 16.5. The van der Waals surface area contributed by atoms with Crippen molar-refractivity contribution in [3.8, 4) is 5.75 Å². The van der Waals surface area contributed by atoms with E-state index >= 15 is 0 Å². The Morgan fingerprint density at radius 1 is 1.29 bits per heavy atom. The molecule has 6 nitrogen and oxygen atoms in total. The summed E-state index contributed by atoms with van der Waals surface area (Å²) in [5.74, 6) is 1.11. The molecule has 1 amide bonds. The van der Waals surface area contributed by atoms with Gasteiger partial charge in [0.15, 0.2) is 0 Å². The summed E-state index contributed by atoms with van der Waals surface area (Å²) < 4.78 is 10.7. The van der Waals surface area contributed by atoms with Gasteiger partial charge in [0.1, 0.15) is 12.4 Å². The second kappa shape index (κ2) is 9.06. The Labute approximate surface area is 166 Å². The average Bonchev–Trinajstić information content (AvgIpc) is 3.16. The van der Waals surface area contributed by atoms with Gasteiger partial charge >= 0.3 is 0 Å². The molecule has 0 spiro atoms. The topological polar surface area (TPSA) is 63.7 Å². The summed E-state index contributed by atoms with van der Waals surface area (Å²) in [4.78, 5) is 18.9. The van der Waals surface area contributed by atoms with Gasteiger partial charge in [-0.1, -0.05) is 6.07 Å². The quantitative estimate of drug-likeness (QED) is 0.786. The molecule has 1 N–H and O–H groups in total. The van der Waals surface area contributed by atoms with Crippen LogP contribution in [0.5, 0.6) is 5.75 Å². The zero-order chi connectivity index (χ0) is 20.1. The van der Waals surface area contributed by atoms with Gasteiger partial charge in [-0.05, 0) is 51.5 Å². The molecule has 1 fully saturated rings. The molecule has 6 heteroatoms. The summed E-state index contributed by atoms with van der Waals surface area (Å²) in [6, 6.07) is 11.9. The first-order valence-electron chi connectivity index (χ1n) is 9.73. The molecule has 2 heterocycles. The standard InChI is InChI=1S/C22H29N3O3/c1-15(2)28-14-22(26)25-9-8-17(13-25)21-12-19(10-16(3)23-21)24-18-6-5-7-20(11-18)27-4/h5-7,10-12,15,17H,8-9,13-14H2,1-4H3,(H,23,24). The molecular formula is C22H29N3O3. The number of nitrogens with zero attached hydrogens (tertiary/aromatic N) is 2. The zero-order valence-electron chi connectivity index (χ0n) is 17.1. The number of ether oxygens (including phenoxy) is 2. The Hall–Kier alpha value is -2.60. The maximum absolute atomic E-state index is 12.3. The number of amides is 1. The van der Waals surface area contributed by atoms with Crippen LogP contribution in [0.15, 0.2) is 36.4 Å². The number of aryl methyl sites for hydroxylation is 1. The number of anilines is 2. The van der Waals surface area contributed by atoms with Crippen LogP contribution in [-0.4, -0.2) is 48.7 Å². The Balaban J connectivity index is 1.69. The fraction of sp³-hybridized carbons (Fsp3) is 0.455. The maximum atomic E-state index is 12.3. The number of hydrogen-bond acceptors (Lipinski definition) is 5. The van der Waals surface area contributed by atoms with Crippen molar-refractivity contribution in [2.45, 2.75) is 39.2 Å². The van der Waals surface area contributed by atoms with Crippen LogP contribution >= 0.6 is 0 Å². The van der Waals surface area contributed by atoms with Gasteiger partial charge in [0.25, 0.3) is 0 Å². The molecule has 0 bridgehead atoms. The lowest BCUT2D eigenvalue weighted by molar-refractivity contribution is -0.136. The van der Waals surface area contributed by atoms with Gasteiger partial charge in [0.05, 0.1) is 13.2 Å². The summed E-state index contributed by atoms with van der Waals surface area (Å²) in [7, 11) is 1.66. The molecule has 0 saturated carbocycles. The lowest BCUT2D eigenvalue weighted by Crippen LogP contribution is -2.32. The highest BCUT2D eigenvalue weighted by Gasteiger charge is 2.28. The molecule has 1 unspecified atom stereocenters. The van der Waals surface area contributed by atoms with Crippen molar-refractivity contribution >= 4 is 17.3 Å². The first-order chi connectivity index (χ1) is 13.4. The third kappa shape index (κ3) is 5.23. The summed E-state index contributed by atoms with van der Waals surface area (Å²) >= 11 is 0. The highest BCUT2D eigenvalue weighted by molar-refractivity contribution is 5.77. The normalized spacial score (nSPS) is 16.5. The zero-order valence-corrected chi connectivity index (χ0v) is 17.1. The lowest BCUT2D eigenvalue weighted by atomic mass is 10.0. The van der Waals surface area contributed by atoms with Crippen molar-refractivity contribution in [2.75, 3.05) is 32.1 Å². The number of carbonyl (C=O) groups is 1. The number of aromatic nitrogens is 1. The van der Waals surface area contributed by atoms with Gasteiger partial charge < -0.3 is 19.7 Å². The third-order valence-electron chi connectivity index (χ3n) is 4.83. The van der Waals surface area contributed by atoms with Crippen LogP contribution in [0.25, 0.3) is 0 Å². The molecule has 1 aliphatic heterocycles. The molecule has 0 radical (unpaired) electrons.